The maximum atomic E-state index is 13.3. The predicted molar refractivity (Wildman–Crippen MR) is 66.1 cm³/mol. The van der Waals surface area contributed by atoms with Gasteiger partial charge in [0.25, 0.3) is 0 Å². The van der Waals surface area contributed by atoms with Gasteiger partial charge in [0, 0.05) is 13.1 Å². The lowest BCUT2D eigenvalue weighted by Gasteiger charge is -2.28. The van der Waals surface area contributed by atoms with Crippen LogP contribution in [0, 0.1) is 18.7 Å². The van der Waals surface area contributed by atoms with E-state index in [9.17, 15) is 4.39 Å². The number of anilines is 2. The van der Waals surface area contributed by atoms with Crippen LogP contribution in [0.15, 0.2) is 12.1 Å². The fourth-order valence-electron chi connectivity index (χ4n) is 2.10. The zero-order valence-electron chi connectivity index (χ0n) is 10.1. The molecule has 0 aromatic heterocycles. The molecule has 2 N–H and O–H groups in total. The number of aryl methyl sites for hydroxylation is 1. The van der Waals surface area contributed by atoms with E-state index in [0.717, 1.165) is 11.6 Å². The van der Waals surface area contributed by atoms with E-state index in [4.69, 9.17) is 5.73 Å². The van der Waals surface area contributed by atoms with Crippen molar-refractivity contribution in [2.24, 2.45) is 5.92 Å². The van der Waals surface area contributed by atoms with E-state index in [0.29, 0.717) is 17.3 Å². The third-order valence-electron chi connectivity index (χ3n) is 3.60. The molecular weight excluding hydrogens is 203 g/mol. The molecule has 0 radical (unpaired) electrons. The van der Waals surface area contributed by atoms with Gasteiger partial charge in [-0.25, -0.2) is 4.39 Å². The maximum absolute atomic E-state index is 13.3. The summed E-state index contributed by atoms with van der Waals surface area (Å²) in [6, 6.07) is 3.73. The van der Waals surface area contributed by atoms with Crippen LogP contribution in [0.4, 0.5) is 15.8 Å². The number of nitrogens with two attached hydrogens (primary N) is 1. The normalized spacial score (nSPS) is 17.2. The molecule has 88 valence electrons. The molecule has 0 saturated heterocycles. The quantitative estimate of drug-likeness (QED) is 0.797. The summed E-state index contributed by atoms with van der Waals surface area (Å²) in [4.78, 5) is 2.17. The number of rotatable bonds is 3. The second-order valence-corrected chi connectivity index (χ2v) is 4.85. The highest BCUT2D eigenvalue weighted by atomic mass is 19.1. The van der Waals surface area contributed by atoms with Crippen LogP contribution in [-0.4, -0.2) is 13.1 Å². The van der Waals surface area contributed by atoms with Crippen molar-refractivity contribution >= 4 is 11.4 Å². The number of nitrogens with zero attached hydrogens (tertiary/aromatic N) is 1. The van der Waals surface area contributed by atoms with Crippen LogP contribution in [0.25, 0.3) is 0 Å². The van der Waals surface area contributed by atoms with E-state index < -0.39 is 0 Å². The Balaban J connectivity index is 2.28. The molecule has 2 nitrogen and oxygen atoms in total. The van der Waals surface area contributed by atoms with Crippen LogP contribution in [0.2, 0.25) is 0 Å². The number of benzene rings is 1. The van der Waals surface area contributed by atoms with Crippen molar-refractivity contribution in [1.82, 2.24) is 0 Å². The van der Waals surface area contributed by atoms with Gasteiger partial charge in [0.1, 0.15) is 5.82 Å². The van der Waals surface area contributed by atoms with Crippen LogP contribution < -0.4 is 10.6 Å². The summed E-state index contributed by atoms with van der Waals surface area (Å²) in [5, 5.41) is 0. The first-order valence-electron chi connectivity index (χ1n) is 5.79. The average Bonchev–Trinajstić information content (AvgIpc) is 3.05. The molecule has 16 heavy (non-hydrogen) atoms. The Morgan fingerprint density at radius 3 is 2.62 bits per heavy atom. The maximum Gasteiger partial charge on any atom is 0.128 e. The molecule has 1 aromatic carbocycles. The third-order valence-corrected chi connectivity index (χ3v) is 3.60. The first-order chi connectivity index (χ1) is 7.50. The minimum absolute atomic E-state index is 0.228. The zero-order chi connectivity index (χ0) is 11.9. The van der Waals surface area contributed by atoms with Gasteiger partial charge in [-0.15, -0.1) is 0 Å². The Kier molecular flexibility index (Phi) is 2.78. The molecule has 1 aromatic rings. The van der Waals surface area contributed by atoms with Crippen molar-refractivity contribution in [3.05, 3.63) is 23.5 Å². The van der Waals surface area contributed by atoms with Gasteiger partial charge in [-0.05, 0) is 50.3 Å². The van der Waals surface area contributed by atoms with Crippen molar-refractivity contribution in [2.75, 3.05) is 17.7 Å². The standard InChI is InChI=1S/C13H19FN2/c1-8-6-13(12(15)7-11(8)14)16(3)9(2)10-4-5-10/h6-7,9-10H,4-5,15H2,1-3H3. The minimum Gasteiger partial charge on any atom is -0.397 e. The SMILES string of the molecule is Cc1cc(N(C)C(C)C2CC2)c(N)cc1F. The Hall–Kier alpha value is -1.25. The highest BCUT2D eigenvalue weighted by Crippen LogP contribution is 2.37. The molecule has 1 saturated carbocycles. The van der Waals surface area contributed by atoms with Crippen LogP contribution >= 0.6 is 0 Å². The summed E-state index contributed by atoms with van der Waals surface area (Å²) in [6.07, 6.45) is 2.59. The predicted octanol–water partition coefficient (Wildman–Crippen LogP) is 2.95. The minimum atomic E-state index is -0.228. The lowest BCUT2D eigenvalue weighted by atomic mass is 10.1. The van der Waals surface area contributed by atoms with Crippen molar-refractivity contribution in [3.8, 4) is 0 Å². The molecule has 1 atom stereocenters. The molecule has 1 unspecified atom stereocenters. The summed E-state index contributed by atoms with van der Waals surface area (Å²) in [5.41, 5.74) is 7.99. The van der Waals surface area contributed by atoms with Crippen LogP contribution in [0.3, 0.4) is 0 Å². The van der Waals surface area contributed by atoms with Gasteiger partial charge in [-0.3, -0.25) is 0 Å². The molecule has 1 aliphatic rings. The Labute approximate surface area is 96.2 Å². The number of nitrogen functional groups attached to an aromatic ring is 1. The van der Waals surface area contributed by atoms with Crippen molar-refractivity contribution < 1.29 is 4.39 Å². The Bertz CT molecular complexity index is 399. The highest BCUT2D eigenvalue weighted by molar-refractivity contribution is 5.69. The van der Waals surface area contributed by atoms with E-state index in [1.54, 1.807) is 6.92 Å². The molecule has 0 heterocycles. The van der Waals surface area contributed by atoms with Gasteiger partial charge in [0.2, 0.25) is 0 Å². The van der Waals surface area contributed by atoms with Crippen molar-refractivity contribution in [2.45, 2.75) is 32.7 Å². The summed E-state index contributed by atoms with van der Waals surface area (Å²) in [7, 11) is 2.03. The fraction of sp³-hybridized carbons (Fsp3) is 0.538. The van der Waals surface area contributed by atoms with Gasteiger partial charge in [-0.1, -0.05) is 0 Å². The fourth-order valence-corrected chi connectivity index (χ4v) is 2.10. The highest BCUT2D eigenvalue weighted by Gasteiger charge is 2.31. The molecular formula is C13H19FN2. The lowest BCUT2D eigenvalue weighted by molar-refractivity contribution is 0.603. The molecule has 3 heteroatoms. The number of hydrogen-bond acceptors (Lipinski definition) is 2. The van der Waals surface area contributed by atoms with Gasteiger partial charge >= 0.3 is 0 Å². The van der Waals surface area contributed by atoms with Crippen LogP contribution in [-0.2, 0) is 0 Å². The van der Waals surface area contributed by atoms with E-state index in [-0.39, 0.29) is 5.82 Å². The van der Waals surface area contributed by atoms with Gasteiger partial charge in [-0.2, -0.15) is 0 Å². The van der Waals surface area contributed by atoms with E-state index >= 15 is 0 Å². The number of halogens is 1. The van der Waals surface area contributed by atoms with E-state index in [1.807, 2.05) is 13.1 Å². The molecule has 0 spiro atoms. The van der Waals surface area contributed by atoms with Crippen LogP contribution in [0.5, 0.6) is 0 Å². The Morgan fingerprint density at radius 1 is 1.44 bits per heavy atom. The third kappa shape index (κ3) is 1.99. The monoisotopic (exact) mass is 222 g/mol. The van der Waals surface area contributed by atoms with Gasteiger partial charge in [0.15, 0.2) is 0 Å². The molecule has 1 aliphatic carbocycles. The molecule has 0 amide bonds. The number of hydrogen-bond donors (Lipinski definition) is 1. The molecule has 2 rings (SSSR count). The lowest BCUT2D eigenvalue weighted by Crippen LogP contribution is -2.31. The van der Waals surface area contributed by atoms with E-state index in [1.165, 1.54) is 18.9 Å². The molecule has 0 aliphatic heterocycles. The summed E-state index contributed by atoms with van der Waals surface area (Å²) in [5.74, 6) is 0.545. The average molecular weight is 222 g/mol. The molecule has 1 fully saturated rings. The summed E-state index contributed by atoms with van der Waals surface area (Å²) < 4.78 is 13.3. The molecule has 0 bridgehead atoms. The Morgan fingerprint density at radius 2 is 2.06 bits per heavy atom. The zero-order valence-corrected chi connectivity index (χ0v) is 10.1. The van der Waals surface area contributed by atoms with Gasteiger partial charge < -0.3 is 10.6 Å². The largest absolute Gasteiger partial charge is 0.397 e. The summed E-state index contributed by atoms with van der Waals surface area (Å²) >= 11 is 0. The van der Waals surface area contributed by atoms with E-state index in [2.05, 4.69) is 11.8 Å². The van der Waals surface area contributed by atoms with Crippen molar-refractivity contribution in [1.29, 1.82) is 0 Å². The van der Waals surface area contributed by atoms with Crippen LogP contribution in [0.1, 0.15) is 25.3 Å². The first kappa shape index (κ1) is 11.2. The smallest absolute Gasteiger partial charge is 0.128 e. The second-order valence-electron chi connectivity index (χ2n) is 4.85. The first-order valence-corrected chi connectivity index (χ1v) is 5.79. The second kappa shape index (κ2) is 3.96. The topological polar surface area (TPSA) is 29.3 Å². The van der Waals surface area contributed by atoms with Crippen molar-refractivity contribution in [3.63, 3.8) is 0 Å². The van der Waals surface area contributed by atoms with Gasteiger partial charge in [0.05, 0.1) is 11.4 Å². The summed E-state index contributed by atoms with van der Waals surface area (Å²) in [6.45, 7) is 3.98.